The molecule has 2 unspecified atom stereocenters. The SMILES string of the molecule is O=[N+]([O-])C1C(P(=O)(OCCCl)OCCCl)=NNC1c1ccccc1. The van der Waals surface area contributed by atoms with Gasteiger partial charge < -0.3 is 9.05 Å². The maximum atomic E-state index is 13.0. The summed E-state index contributed by atoms with van der Waals surface area (Å²) in [5.74, 6) is 0.111. The van der Waals surface area contributed by atoms with E-state index < -0.39 is 24.6 Å². The molecule has 0 bridgehead atoms. The van der Waals surface area contributed by atoms with Crippen molar-refractivity contribution in [3.05, 3.63) is 46.0 Å². The fraction of sp³-hybridized carbons (Fsp3) is 0.462. The molecule has 1 N–H and O–H groups in total. The second-order valence-corrected chi connectivity index (χ2v) is 7.48. The molecule has 0 fully saturated rings. The Morgan fingerprint density at radius 2 is 1.79 bits per heavy atom. The van der Waals surface area contributed by atoms with E-state index in [-0.39, 0.29) is 30.4 Å². The molecule has 1 aromatic rings. The Balaban J connectivity index is 2.32. The first kappa shape index (κ1) is 19.1. The van der Waals surface area contributed by atoms with Gasteiger partial charge in [-0.05, 0) is 5.56 Å². The van der Waals surface area contributed by atoms with Gasteiger partial charge in [0.1, 0.15) is 6.04 Å². The molecule has 0 saturated heterocycles. The van der Waals surface area contributed by atoms with Crippen molar-refractivity contribution in [1.82, 2.24) is 5.43 Å². The lowest BCUT2D eigenvalue weighted by Gasteiger charge is -2.20. The summed E-state index contributed by atoms with van der Waals surface area (Å²) in [6.45, 7) is -0.193. The first-order valence-electron chi connectivity index (χ1n) is 7.06. The van der Waals surface area contributed by atoms with Gasteiger partial charge in [-0.3, -0.25) is 20.1 Å². The van der Waals surface area contributed by atoms with Gasteiger partial charge in [-0.15, -0.1) is 23.2 Å². The van der Waals surface area contributed by atoms with Gasteiger partial charge in [0.15, 0.2) is 0 Å². The number of hydrazone groups is 1. The van der Waals surface area contributed by atoms with Crippen LogP contribution in [0.4, 0.5) is 0 Å². The summed E-state index contributed by atoms with van der Waals surface area (Å²) in [4.78, 5) is 11.0. The molecule has 0 aliphatic carbocycles. The van der Waals surface area contributed by atoms with Crippen molar-refractivity contribution >= 4 is 36.3 Å². The lowest BCUT2D eigenvalue weighted by molar-refractivity contribution is -0.505. The third-order valence-corrected chi connectivity index (χ3v) is 5.52. The van der Waals surface area contributed by atoms with Crippen molar-refractivity contribution in [3.8, 4) is 0 Å². The van der Waals surface area contributed by atoms with Crippen LogP contribution in [0.1, 0.15) is 11.6 Å². The largest absolute Gasteiger partial charge is 0.384 e. The maximum Gasteiger partial charge on any atom is 0.384 e. The Bertz CT molecular complexity index is 634. The zero-order valence-electron chi connectivity index (χ0n) is 12.5. The van der Waals surface area contributed by atoms with E-state index in [4.69, 9.17) is 32.2 Å². The van der Waals surface area contributed by atoms with E-state index in [1.54, 1.807) is 30.3 Å². The van der Waals surface area contributed by atoms with E-state index in [0.717, 1.165) is 0 Å². The Kier molecular flexibility index (Phi) is 7.01. The van der Waals surface area contributed by atoms with Gasteiger partial charge in [-0.2, -0.15) is 5.10 Å². The summed E-state index contributed by atoms with van der Waals surface area (Å²) in [6.07, 6.45) is 0. The van der Waals surface area contributed by atoms with Crippen molar-refractivity contribution < 1.29 is 18.5 Å². The third kappa shape index (κ3) is 4.26. The van der Waals surface area contributed by atoms with Crippen LogP contribution in [0.15, 0.2) is 35.4 Å². The van der Waals surface area contributed by atoms with E-state index in [0.29, 0.717) is 5.56 Å². The summed E-state index contributed by atoms with van der Waals surface area (Å²) in [5.41, 5.74) is 3.02. The van der Waals surface area contributed by atoms with Crippen LogP contribution in [0.3, 0.4) is 0 Å². The second-order valence-electron chi connectivity index (χ2n) is 4.76. The number of halogens is 2. The van der Waals surface area contributed by atoms with Crippen molar-refractivity contribution in [3.63, 3.8) is 0 Å². The quantitative estimate of drug-likeness (QED) is 0.298. The molecule has 8 nitrogen and oxygen atoms in total. The fourth-order valence-corrected chi connectivity index (χ4v) is 4.38. The Morgan fingerprint density at radius 1 is 1.21 bits per heavy atom. The van der Waals surface area contributed by atoms with Crippen LogP contribution in [0, 0.1) is 10.1 Å². The predicted molar refractivity (Wildman–Crippen MR) is 91.5 cm³/mol. The molecule has 0 aromatic heterocycles. The number of nitrogens with one attached hydrogen (secondary N) is 1. The van der Waals surface area contributed by atoms with E-state index in [1.165, 1.54) is 0 Å². The minimum atomic E-state index is -3.99. The van der Waals surface area contributed by atoms with Crippen LogP contribution in [0.5, 0.6) is 0 Å². The summed E-state index contributed by atoms with van der Waals surface area (Å²) in [7, 11) is -3.99. The van der Waals surface area contributed by atoms with Gasteiger partial charge in [-0.1, -0.05) is 30.3 Å². The molecule has 2 rings (SSSR count). The standard InChI is InChI=1S/C13H16Cl2N3O5P/c14-6-8-22-24(21,23-9-7-15)13-12(18(19)20)11(16-17-13)10-4-2-1-3-5-10/h1-5,11-12,16H,6-9H2. The molecular weight excluding hydrogens is 380 g/mol. The summed E-state index contributed by atoms with van der Waals surface area (Å²) >= 11 is 11.1. The molecule has 2 atom stereocenters. The number of benzene rings is 1. The fourth-order valence-electron chi connectivity index (χ4n) is 2.26. The first-order chi connectivity index (χ1) is 11.5. The van der Waals surface area contributed by atoms with Crippen LogP contribution in [-0.2, 0) is 13.6 Å². The molecule has 0 amide bonds. The van der Waals surface area contributed by atoms with Crippen LogP contribution < -0.4 is 5.43 Å². The average molecular weight is 396 g/mol. The number of alkyl halides is 2. The molecule has 132 valence electrons. The zero-order chi connectivity index (χ0) is 17.6. The number of nitrogens with zero attached hydrogens (tertiary/aromatic N) is 2. The molecule has 0 radical (unpaired) electrons. The van der Waals surface area contributed by atoms with E-state index in [2.05, 4.69) is 10.5 Å². The molecule has 1 aliphatic heterocycles. The minimum absolute atomic E-state index is 0.0557. The molecule has 1 aromatic carbocycles. The van der Waals surface area contributed by atoms with Crippen LogP contribution in [-0.4, -0.2) is 41.4 Å². The molecule has 0 saturated carbocycles. The van der Waals surface area contributed by atoms with Crippen molar-refractivity contribution in [2.45, 2.75) is 12.1 Å². The number of rotatable bonds is 9. The van der Waals surface area contributed by atoms with Gasteiger partial charge in [0, 0.05) is 16.7 Å². The Labute approximate surface area is 148 Å². The summed E-state index contributed by atoms with van der Waals surface area (Å²) < 4.78 is 23.4. The van der Waals surface area contributed by atoms with Gasteiger partial charge >= 0.3 is 7.60 Å². The van der Waals surface area contributed by atoms with Crippen molar-refractivity contribution in [1.29, 1.82) is 0 Å². The summed E-state index contributed by atoms with van der Waals surface area (Å²) in [6, 6.07) is 6.57. The number of hydrogen-bond donors (Lipinski definition) is 1. The van der Waals surface area contributed by atoms with E-state index in [1.807, 2.05) is 0 Å². The normalized spacial score (nSPS) is 20.5. The second kappa shape index (κ2) is 8.78. The highest BCUT2D eigenvalue weighted by Crippen LogP contribution is 2.53. The minimum Gasteiger partial charge on any atom is -0.303 e. The van der Waals surface area contributed by atoms with Gasteiger partial charge in [0.25, 0.3) is 6.04 Å². The van der Waals surface area contributed by atoms with Gasteiger partial charge in [0.05, 0.1) is 13.2 Å². The average Bonchev–Trinajstić information content (AvgIpc) is 3.05. The highest BCUT2D eigenvalue weighted by molar-refractivity contribution is 7.72. The molecule has 11 heteroatoms. The van der Waals surface area contributed by atoms with Crippen molar-refractivity contribution in [2.75, 3.05) is 25.0 Å². The Hall–Kier alpha value is -1.18. The van der Waals surface area contributed by atoms with Gasteiger partial charge in [-0.25, -0.2) is 0 Å². The van der Waals surface area contributed by atoms with Gasteiger partial charge in [0.2, 0.25) is 5.45 Å². The summed E-state index contributed by atoms with van der Waals surface area (Å²) in [5, 5.41) is 15.5. The molecular formula is C13H16Cl2N3O5P. The maximum absolute atomic E-state index is 13.0. The monoisotopic (exact) mass is 395 g/mol. The zero-order valence-corrected chi connectivity index (χ0v) is 14.9. The lowest BCUT2D eigenvalue weighted by atomic mass is 10.0. The number of nitro groups is 1. The van der Waals surface area contributed by atoms with Crippen LogP contribution in [0.25, 0.3) is 0 Å². The van der Waals surface area contributed by atoms with E-state index >= 15 is 0 Å². The van der Waals surface area contributed by atoms with Crippen LogP contribution >= 0.6 is 30.8 Å². The molecule has 1 aliphatic rings. The first-order valence-corrected chi connectivity index (χ1v) is 9.68. The lowest BCUT2D eigenvalue weighted by Crippen LogP contribution is -2.35. The van der Waals surface area contributed by atoms with Crippen molar-refractivity contribution in [2.24, 2.45) is 5.10 Å². The molecule has 0 spiro atoms. The van der Waals surface area contributed by atoms with E-state index in [9.17, 15) is 14.7 Å². The van der Waals surface area contributed by atoms with Crippen LogP contribution in [0.2, 0.25) is 0 Å². The highest BCUT2D eigenvalue weighted by atomic mass is 35.5. The molecule has 1 heterocycles. The molecule has 24 heavy (non-hydrogen) atoms. The highest BCUT2D eigenvalue weighted by Gasteiger charge is 2.52. The third-order valence-electron chi connectivity index (χ3n) is 3.24. The number of hydrogen-bond acceptors (Lipinski definition) is 7. The predicted octanol–water partition coefficient (Wildman–Crippen LogP) is 2.99. The topological polar surface area (TPSA) is 103 Å². The Morgan fingerprint density at radius 3 is 2.29 bits per heavy atom. The smallest absolute Gasteiger partial charge is 0.303 e.